The Labute approximate surface area is 331 Å². The molecule has 0 aliphatic carbocycles. The minimum atomic E-state index is -0.0524. The first-order valence-electron chi connectivity index (χ1n) is 21.2. The number of nitrogens with zero attached hydrogens (tertiary/aromatic N) is 5. The van der Waals surface area contributed by atoms with Crippen molar-refractivity contribution in [2.24, 2.45) is 9.98 Å². The Morgan fingerprint density at radius 2 is 1.24 bits per heavy atom. The van der Waals surface area contributed by atoms with Crippen LogP contribution in [0.15, 0.2) is 52.4 Å². The number of aromatic hydroxyl groups is 2. The van der Waals surface area contributed by atoms with Crippen LogP contribution in [0.4, 0.5) is 0 Å². The van der Waals surface area contributed by atoms with Gasteiger partial charge in [-0.3, -0.25) is 24.4 Å². The SMILES string of the molecule is C[N+]1=C2N(CCCCc3cc4ccc3CCCc3cc(C(C)(C)C)cc(c3O)C=NCCN=Cc3cc(C(C)(C)C)cc(c3O)CCC4)CCCN2CCC1. The Balaban J connectivity index is 1.27. The Bertz CT molecular complexity index is 1890. The summed E-state index contributed by atoms with van der Waals surface area (Å²) in [4.78, 5) is 14.6. The maximum atomic E-state index is 11.5. The Kier molecular flexibility index (Phi) is 13.1. The molecule has 3 aromatic rings. The van der Waals surface area contributed by atoms with E-state index in [2.05, 4.69) is 115 Å². The van der Waals surface area contributed by atoms with Gasteiger partial charge in [0.25, 0.3) is 0 Å². The molecule has 7 heteroatoms. The van der Waals surface area contributed by atoms with E-state index in [0.717, 1.165) is 86.8 Å². The summed E-state index contributed by atoms with van der Waals surface area (Å²) < 4.78 is 2.47. The molecule has 1 saturated heterocycles. The van der Waals surface area contributed by atoms with Crippen molar-refractivity contribution < 1.29 is 14.8 Å². The van der Waals surface area contributed by atoms with Gasteiger partial charge in [-0.2, -0.15) is 0 Å². The zero-order valence-corrected chi connectivity index (χ0v) is 35.1. The van der Waals surface area contributed by atoms with Crippen LogP contribution in [0.2, 0.25) is 0 Å². The lowest BCUT2D eigenvalue weighted by molar-refractivity contribution is -0.515. The molecule has 0 amide bonds. The van der Waals surface area contributed by atoms with Gasteiger partial charge in [0.15, 0.2) is 0 Å². The number of aryl methyl sites for hydroxylation is 5. The lowest BCUT2D eigenvalue weighted by Crippen LogP contribution is -2.57. The second-order valence-corrected chi connectivity index (χ2v) is 18.4. The Hall–Kier alpha value is -4.13. The third-order valence-electron chi connectivity index (χ3n) is 11.9. The summed E-state index contributed by atoms with van der Waals surface area (Å²) in [7, 11) is 2.26. The van der Waals surface area contributed by atoms with E-state index in [1.165, 1.54) is 72.5 Å². The molecule has 0 radical (unpaired) electrons. The fourth-order valence-electron chi connectivity index (χ4n) is 8.56. The first-order valence-corrected chi connectivity index (χ1v) is 21.2. The normalized spacial score (nSPS) is 17.6. The van der Waals surface area contributed by atoms with Crippen molar-refractivity contribution in [1.82, 2.24) is 9.80 Å². The largest absolute Gasteiger partial charge is 0.507 e. The molecule has 3 aromatic carbocycles. The van der Waals surface area contributed by atoms with E-state index < -0.39 is 0 Å². The molecule has 4 heterocycles. The van der Waals surface area contributed by atoms with Gasteiger partial charge in [0.05, 0.1) is 52.9 Å². The monoisotopic (exact) mass is 747 g/mol. The van der Waals surface area contributed by atoms with Gasteiger partial charge in [-0.1, -0.05) is 71.9 Å². The van der Waals surface area contributed by atoms with E-state index in [1.54, 1.807) is 0 Å². The van der Waals surface area contributed by atoms with Crippen molar-refractivity contribution in [3.8, 4) is 11.5 Å². The van der Waals surface area contributed by atoms with Gasteiger partial charge in [0, 0.05) is 36.4 Å². The lowest BCUT2D eigenvalue weighted by Gasteiger charge is -2.36. The van der Waals surface area contributed by atoms with Crippen molar-refractivity contribution in [3.05, 3.63) is 92.5 Å². The van der Waals surface area contributed by atoms with Crippen LogP contribution in [0.5, 0.6) is 11.5 Å². The highest BCUT2D eigenvalue weighted by Crippen LogP contribution is 2.33. The molecule has 0 aromatic heterocycles. The van der Waals surface area contributed by atoms with E-state index in [4.69, 9.17) is 0 Å². The van der Waals surface area contributed by atoms with Gasteiger partial charge in [0.1, 0.15) is 11.5 Å². The Morgan fingerprint density at radius 3 is 1.85 bits per heavy atom. The highest BCUT2D eigenvalue weighted by Gasteiger charge is 2.34. The molecule has 7 nitrogen and oxygen atoms in total. The van der Waals surface area contributed by atoms with Gasteiger partial charge in [-0.15, -0.1) is 0 Å². The molecule has 6 bridgehead atoms. The van der Waals surface area contributed by atoms with Crippen molar-refractivity contribution in [1.29, 1.82) is 0 Å². The molecule has 2 N–H and O–H groups in total. The summed E-state index contributed by atoms with van der Waals surface area (Å²) in [6.45, 7) is 20.2. The standard InChI is InChI=1S/C48H67N5O2/c1-47(2,3)42-29-38-17-10-14-35-19-20-36(37(28-35)15-8-9-24-52-26-13-27-53-25-12-23-51(7)46(52)53)16-11-18-39-30-43(48(4,5)6)32-41(45(39)55)34-50-22-21-49-33-40(31-42)44(38)54/h19-20,28-34H,8-18,21-27H2,1-7H3,(H-,49,50,54,55)/p+1. The summed E-state index contributed by atoms with van der Waals surface area (Å²) in [5, 5.41) is 22.9. The number of benzene rings is 3. The minimum absolute atomic E-state index is 0.0497. The van der Waals surface area contributed by atoms with Crippen LogP contribution in [-0.4, -0.2) is 95.8 Å². The topological polar surface area (TPSA) is 74.7 Å². The van der Waals surface area contributed by atoms with Crippen molar-refractivity contribution in [3.63, 3.8) is 0 Å². The van der Waals surface area contributed by atoms with Gasteiger partial charge in [-0.05, 0) is 120 Å². The van der Waals surface area contributed by atoms with Crippen LogP contribution in [0.25, 0.3) is 0 Å². The maximum Gasteiger partial charge on any atom is 0.350 e. The molecule has 0 saturated carbocycles. The van der Waals surface area contributed by atoms with E-state index in [1.807, 2.05) is 12.4 Å². The van der Waals surface area contributed by atoms with Crippen LogP contribution in [0, 0.1) is 0 Å². The van der Waals surface area contributed by atoms with Gasteiger partial charge in [-0.25, -0.2) is 0 Å². The maximum absolute atomic E-state index is 11.5. The average molecular weight is 747 g/mol. The fourth-order valence-corrected chi connectivity index (χ4v) is 8.56. The van der Waals surface area contributed by atoms with Crippen LogP contribution in [0.1, 0.15) is 130 Å². The van der Waals surface area contributed by atoms with E-state index in [-0.39, 0.29) is 10.8 Å². The molecule has 4 aliphatic heterocycles. The lowest BCUT2D eigenvalue weighted by atomic mass is 9.84. The third kappa shape index (κ3) is 10.4. The van der Waals surface area contributed by atoms with Crippen LogP contribution >= 0.6 is 0 Å². The number of phenols is 2. The first-order chi connectivity index (χ1) is 26.3. The molecular weight excluding hydrogens is 679 g/mol. The zero-order valence-electron chi connectivity index (χ0n) is 35.1. The highest BCUT2D eigenvalue weighted by atomic mass is 16.3. The van der Waals surface area contributed by atoms with E-state index in [0.29, 0.717) is 24.6 Å². The molecule has 4 aliphatic rings. The number of fused-ring (bicyclic) bond motifs is 10. The summed E-state index contributed by atoms with van der Waals surface area (Å²) >= 11 is 0. The number of unbranched alkanes of at least 4 members (excludes halogenated alkanes) is 1. The number of hydrogen-bond donors (Lipinski definition) is 2. The number of aliphatic imine (C=N–C) groups is 2. The minimum Gasteiger partial charge on any atom is -0.507 e. The number of rotatable bonds is 5. The molecule has 0 spiro atoms. The summed E-state index contributed by atoms with van der Waals surface area (Å²) in [5.74, 6) is 2.13. The zero-order chi connectivity index (χ0) is 39.2. The first kappa shape index (κ1) is 40.5. The van der Waals surface area contributed by atoms with Gasteiger partial charge >= 0.3 is 5.96 Å². The predicted octanol–water partition coefficient (Wildman–Crippen LogP) is 8.63. The second kappa shape index (κ2) is 17.8. The molecule has 296 valence electrons. The van der Waals surface area contributed by atoms with Gasteiger partial charge < -0.3 is 10.2 Å². The molecule has 1 fully saturated rings. The average Bonchev–Trinajstić information content (AvgIpc) is 3.13. The second-order valence-electron chi connectivity index (χ2n) is 18.4. The van der Waals surface area contributed by atoms with Gasteiger partial charge in [0.2, 0.25) is 0 Å². The van der Waals surface area contributed by atoms with E-state index in [9.17, 15) is 10.2 Å². The van der Waals surface area contributed by atoms with E-state index >= 15 is 0 Å². The molecule has 55 heavy (non-hydrogen) atoms. The van der Waals surface area contributed by atoms with Crippen LogP contribution in [0.3, 0.4) is 0 Å². The Morgan fingerprint density at radius 1 is 0.655 bits per heavy atom. The summed E-state index contributed by atoms with van der Waals surface area (Å²) in [6, 6.07) is 15.8. The predicted molar refractivity (Wildman–Crippen MR) is 230 cm³/mol. The number of phenolic OH excluding ortho intramolecular Hbond substituents is 2. The van der Waals surface area contributed by atoms with Crippen LogP contribution in [-0.2, 0) is 42.9 Å². The molecule has 7 rings (SSSR count). The molecular formula is C48H68N5O2+. The highest BCUT2D eigenvalue weighted by molar-refractivity contribution is 5.85. The number of hydrogen-bond acceptors (Lipinski definition) is 6. The van der Waals surface area contributed by atoms with Crippen LogP contribution < -0.4 is 0 Å². The molecule has 0 atom stereocenters. The third-order valence-corrected chi connectivity index (χ3v) is 11.9. The number of guanidine groups is 1. The fraction of sp³-hybridized carbons (Fsp3) is 0.562. The van der Waals surface area contributed by atoms with Crippen molar-refractivity contribution in [2.45, 2.75) is 123 Å². The summed E-state index contributed by atoms with van der Waals surface area (Å²) in [6.07, 6.45) is 15.1. The summed E-state index contributed by atoms with van der Waals surface area (Å²) in [5.41, 5.74) is 10.1. The molecule has 0 unspecified atom stereocenters. The smallest absolute Gasteiger partial charge is 0.350 e. The quantitative estimate of drug-likeness (QED) is 0.203. The van der Waals surface area contributed by atoms with Crippen molar-refractivity contribution in [2.75, 3.05) is 52.9 Å². The van der Waals surface area contributed by atoms with Crippen molar-refractivity contribution >= 4 is 18.4 Å².